The van der Waals surface area contributed by atoms with Gasteiger partial charge >= 0.3 is 0 Å². The zero-order valence-electron chi connectivity index (χ0n) is 34.7. The highest BCUT2D eigenvalue weighted by Crippen LogP contribution is 2.17. The molecule has 0 saturated carbocycles. The standard InChI is InChI=1S/C44H91N5/c1-7-9-11-13-15-17-19-21-23-25-27-29-31-33-35-37-39-48(3,4)41-43-45-44(47-46-43)42-49(5,6)40-38-36-34-32-30-28-26-24-22-20-18-16-14-12-10-8-2/h7-42H2,1-6H3,(H,45,46,47)/q+2. The first-order valence-corrected chi connectivity index (χ1v) is 22.3. The van der Waals surface area contributed by atoms with Gasteiger partial charge in [-0.25, -0.2) is 4.98 Å². The predicted molar refractivity (Wildman–Crippen MR) is 217 cm³/mol. The molecule has 0 atom stereocenters. The van der Waals surface area contributed by atoms with E-state index in [-0.39, 0.29) is 0 Å². The van der Waals surface area contributed by atoms with Crippen molar-refractivity contribution in [1.82, 2.24) is 15.2 Å². The first kappa shape index (κ1) is 46.1. The van der Waals surface area contributed by atoms with Crippen molar-refractivity contribution >= 4 is 0 Å². The quantitative estimate of drug-likeness (QED) is 0.0554. The number of quaternary nitrogens is 2. The van der Waals surface area contributed by atoms with E-state index in [0.29, 0.717) is 0 Å². The normalized spacial score (nSPS) is 12.4. The molecule has 290 valence electrons. The van der Waals surface area contributed by atoms with Crippen LogP contribution in [0.1, 0.15) is 231 Å². The zero-order chi connectivity index (χ0) is 35.7. The summed E-state index contributed by atoms with van der Waals surface area (Å²) in [6, 6.07) is 0. The van der Waals surface area contributed by atoms with Crippen LogP contribution in [0.25, 0.3) is 0 Å². The lowest BCUT2D eigenvalue weighted by Gasteiger charge is -2.29. The van der Waals surface area contributed by atoms with Gasteiger partial charge in [0.15, 0.2) is 5.82 Å². The van der Waals surface area contributed by atoms with Crippen molar-refractivity contribution in [2.75, 3.05) is 41.3 Å². The van der Waals surface area contributed by atoms with Gasteiger partial charge in [-0.2, -0.15) is 5.10 Å². The van der Waals surface area contributed by atoms with E-state index in [9.17, 15) is 0 Å². The Labute approximate surface area is 308 Å². The minimum atomic E-state index is 0.918. The fourth-order valence-corrected chi connectivity index (χ4v) is 7.60. The van der Waals surface area contributed by atoms with Gasteiger partial charge in [-0.15, -0.1) is 0 Å². The Bertz CT molecular complexity index is 752. The largest absolute Gasteiger partial charge is 0.322 e. The van der Waals surface area contributed by atoms with E-state index < -0.39 is 0 Å². The second-order valence-corrected chi connectivity index (χ2v) is 17.4. The summed E-state index contributed by atoms with van der Waals surface area (Å²) in [7, 11) is 9.40. The average molecular weight is 690 g/mol. The van der Waals surface area contributed by atoms with Crippen LogP contribution in [0.15, 0.2) is 0 Å². The number of nitrogens with zero attached hydrogens (tertiary/aromatic N) is 4. The number of aromatic amines is 1. The number of H-pyrrole nitrogens is 1. The van der Waals surface area contributed by atoms with Crippen LogP contribution in [-0.2, 0) is 13.1 Å². The molecule has 5 nitrogen and oxygen atoms in total. The molecule has 0 radical (unpaired) electrons. The lowest BCUT2D eigenvalue weighted by Crippen LogP contribution is -2.40. The third kappa shape index (κ3) is 30.4. The Morgan fingerprint density at radius 3 is 0.939 bits per heavy atom. The molecule has 1 rings (SSSR count). The van der Waals surface area contributed by atoms with Crippen molar-refractivity contribution in [3.05, 3.63) is 11.6 Å². The summed E-state index contributed by atoms with van der Waals surface area (Å²) >= 11 is 0. The van der Waals surface area contributed by atoms with Crippen molar-refractivity contribution < 1.29 is 8.97 Å². The van der Waals surface area contributed by atoms with Crippen molar-refractivity contribution in [3.8, 4) is 0 Å². The number of hydrogen-bond donors (Lipinski definition) is 1. The SMILES string of the molecule is CCCCCCCCCCCCCCCCCC[N+](C)(C)Cc1n[nH]c(C[N+](C)(C)CCCCCCCCCCCCCCCCCC)n1. The van der Waals surface area contributed by atoms with Crippen LogP contribution in [0.5, 0.6) is 0 Å². The minimum Gasteiger partial charge on any atom is -0.322 e. The molecule has 49 heavy (non-hydrogen) atoms. The Kier molecular flexibility index (Phi) is 29.9. The van der Waals surface area contributed by atoms with Gasteiger partial charge in [-0.05, 0) is 25.7 Å². The van der Waals surface area contributed by atoms with Gasteiger partial charge in [0.1, 0.15) is 13.1 Å². The second-order valence-electron chi connectivity index (χ2n) is 17.4. The lowest BCUT2D eigenvalue weighted by atomic mass is 10.0. The van der Waals surface area contributed by atoms with Crippen LogP contribution in [0.4, 0.5) is 0 Å². The van der Waals surface area contributed by atoms with Crippen molar-refractivity contribution in [2.24, 2.45) is 0 Å². The Balaban J connectivity index is 2.00. The molecule has 0 aromatic carbocycles. The van der Waals surface area contributed by atoms with Gasteiger partial charge in [-0.3, -0.25) is 5.10 Å². The number of nitrogens with one attached hydrogen (secondary N) is 1. The number of rotatable bonds is 38. The van der Waals surface area contributed by atoms with E-state index in [1.807, 2.05) is 0 Å². The molecule has 0 aliphatic carbocycles. The molecule has 1 N–H and O–H groups in total. The second kappa shape index (κ2) is 31.8. The Hall–Kier alpha value is -0.940. The average Bonchev–Trinajstić information content (AvgIpc) is 3.49. The van der Waals surface area contributed by atoms with Crippen LogP contribution >= 0.6 is 0 Å². The van der Waals surface area contributed by atoms with E-state index >= 15 is 0 Å². The first-order chi connectivity index (χ1) is 23.8. The third-order valence-corrected chi connectivity index (χ3v) is 11.0. The highest BCUT2D eigenvalue weighted by atomic mass is 15.4. The molecule has 0 spiro atoms. The molecular weight excluding hydrogens is 599 g/mol. The molecule has 0 saturated heterocycles. The number of hydrogen-bond acceptors (Lipinski definition) is 2. The first-order valence-electron chi connectivity index (χ1n) is 22.3. The van der Waals surface area contributed by atoms with Gasteiger partial charge in [0, 0.05) is 0 Å². The summed E-state index contributed by atoms with van der Waals surface area (Å²) in [5.41, 5.74) is 0. The lowest BCUT2D eigenvalue weighted by molar-refractivity contribution is -0.905. The molecule has 1 aromatic rings. The van der Waals surface area contributed by atoms with E-state index in [4.69, 9.17) is 4.98 Å². The number of aromatic nitrogens is 3. The fraction of sp³-hybridized carbons (Fsp3) is 0.955. The van der Waals surface area contributed by atoms with Crippen LogP contribution in [0, 0.1) is 0 Å². The fourth-order valence-electron chi connectivity index (χ4n) is 7.60. The predicted octanol–water partition coefficient (Wildman–Crippen LogP) is 13.5. The third-order valence-electron chi connectivity index (χ3n) is 11.0. The molecule has 0 amide bonds. The molecule has 1 aromatic heterocycles. The van der Waals surface area contributed by atoms with Crippen molar-refractivity contribution in [3.63, 3.8) is 0 Å². The Morgan fingerprint density at radius 1 is 0.367 bits per heavy atom. The molecule has 0 fully saturated rings. The van der Waals surface area contributed by atoms with Crippen LogP contribution in [0.3, 0.4) is 0 Å². The van der Waals surface area contributed by atoms with E-state index in [2.05, 4.69) is 52.2 Å². The molecular formula is C44H91N5+2. The van der Waals surface area contributed by atoms with Crippen molar-refractivity contribution in [2.45, 2.75) is 232 Å². The summed E-state index contributed by atoms with van der Waals surface area (Å²) < 4.78 is 1.97. The molecule has 1 heterocycles. The maximum atomic E-state index is 4.93. The van der Waals surface area contributed by atoms with Gasteiger partial charge in [0.05, 0.1) is 41.3 Å². The molecule has 0 aliphatic rings. The number of unbranched alkanes of at least 4 members (excludes halogenated alkanes) is 30. The summed E-state index contributed by atoms with van der Waals surface area (Å²) in [4.78, 5) is 4.93. The van der Waals surface area contributed by atoms with Gasteiger partial charge in [0.25, 0.3) is 0 Å². The molecule has 0 bridgehead atoms. The van der Waals surface area contributed by atoms with E-state index in [1.54, 1.807) is 0 Å². The van der Waals surface area contributed by atoms with Gasteiger partial charge < -0.3 is 8.97 Å². The van der Waals surface area contributed by atoms with E-state index in [1.165, 1.54) is 219 Å². The molecule has 0 unspecified atom stereocenters. The summed E-state index contributed by atoms with van der Waals surface area (Å²) in [6.07, 6.45) is 45.7. The molecule has 0 aliphatic heterocycles. The zero-order valence-corrected chi connectivity index (χ0v) is 34.7. The highest BCUT2D eigenvalue weighted by Gasteiger charge is 2.22. The van der Waals surface area contributed by atoms with Crippen LogP contribution in [0.2, 0.25) is 0 Å². The van der Waals surface area contributed by atoms with Gasteiger partial charge in [0.2, 0.25) is 5.82 Å². The Morgan fingerprint density at radius 2 is 0.633 bits per heavy atom. The van der Waals surface area contributed by atoms with Crippen LogP contribution in [-0.4, -0.2) is 65.4 Å². The van der Waals surface area contributed by atoms with Gasteiger partial charge in [-0.1, -0.05) is 194 Å². The summed E-state index contributed by atoms with van der Waals surface area (Å²) in [6.45, 7) is 8.90. The van der Waals surface area contributed by atoms with E-state index in [0.717, 1.165) is 33.7 Å². The minimum absolute atomic E-state index is 0.918. The monoisotopic (exact) mass is 690 g/mol. The summed E-state index contributed by atoms with van der Waals surface area (Å²) in [5.74, 6) is 2.04. The van der Waals surface area contributed by atoms with Crippen LogP contribution < -0.4 is 0 Å². The maximum Gasteiger partial charge on any atom is 0.205 e. The molecule has 5 heteroatoms. The topological polar surface area (TPSA) is 41.6 Å². The maximum absolute atomic E-state index is 4.93. The highest BCUT2D eigenvalue weighted by molar-refractivity contribution is 4.87. The summed E-state index contributed by atoms with van der Waals surface area (Å²) in [5, 5.41) is 7.91. The van der Waals surface area contributed by atoms with Crippen molar-refractivity contribution in [1.29, 1.82) is 0 Å². The smallest absolute Gasteiger partial charge is 0.205 e.